The first-order chi connectivity index (χ1) is 9.90. The molecule has 0 aliphatic rings. The third-order valence-electron chi connectivity index (χ3n) is 2.83. The molecule has 21 heavy (non-hydrogen) atoms. The fourth-order valence-corrected chi connectivity index (χ4v) is 1.75. The lowest BCUT2D eigenvalue weighted by molar-refractivity contribution is -0.137. The molecule has 2 aromatic rings. The number of hydrogen-bond donors (Lipinski definition) is 0. The number of carbonyl (C=O) groups is 1. The van der Waals surface area contributed by atoms with E-state index in [4.69, 9.17) is 0 Å². The molecule has 2 rings (SSSR count). The first-order valence-electron chi connectivity index (χ1n) is 6.00. The number of carbonyl (C=O) groups excluding carboxylic acids is 1. The molecule has 0 N–H and O–H groups in total. The molecule has 1 nitrogen and oxygen atoms in total. The quantitative estimate of drug-likeness (QED) is 0.450. The van der Waals surface area contributed by atoms with Crippen molar-refractivity contribution in [3.63, 3.8) is 0 Å². The Morgan fingerprint density at radius 2 is 1.57 bits per heavy atom. The summed E-state index contributed by atoms with van der Waals surface area (Å²) >= 11 is 0. The van der Waals surface area contributed by atoms with Gasteiger partial charge in [-0.25, -0.2) is 4.39 Å². The highest BCUT2D eigenvalue weighted by molar-refractivity contribution is 5.77. The summed E-state index contributed by atoms with van der Waals surface area (Å²) in [6.07, 6.45) is -1.07. The van der Waals surface area contributed by atoms with Crippen LogP contribution in [0.3, 0.4) is 0 Å². The Morgan fingerprint density at radius 3 is 2.14 bits per heavy atom. The SMILES string of the molecule is O=Cc1ccc(/C=C/c2cccc(C(F)(F)F)c2)cc1F. The summed E-state index contributed by atoms with van der Waals surface area (Å²) in [7, 11) is 0. The summed E-state index contributed by atoms with van der Waals surface area (Å²) in [6, 6.07) is 8.78. The van der Waals surface area contributed by atoms with Crippen molar-refractivity contribution >= 4 is 18.4 Å². The molecule has 0 aliphatic heterocycles. The number of alkyl halides is 3. The number of aldehydes is 1. The average Bonchev–Trinajstić information content (AvgIpc) is 2.45. The lowest BCUT2D eigenvalue weighted by Crippen LogP contribution is -2.04. The van der Waals surface area contributed by atoms with Crippen LogP contribution in [0.1, 0.15) is 27.0 Å². The van der Waals surface area contributed by atoms with Crippen LogP contribution >= 0.6 is 0 Å². The Balaban J connectivity index is 2.25. The number of benzene rings is 2. The van der Waals surface area contributed by atoms with Gasteiger partial charge >= 0.3 is 6.18 Å². The second-order valence-corrected chi connectivity index (χ2v) is 4.36. The van der Waals surface area contributed by atoms with Crippen molar-refractivity contribution < 1.29 is 22.4 Å². The number of hydrogen-bond acceptors (Lipinski definition) is 1. The minimum atomic E-state index is -4.40. The predicted octanol–water partition coefficient (Wildman–Crippen LogP) is 4.83. The zero-order chi connectivity index (χ0) is 15.5. The van der Waals surface area contributed by atoms with Gasteiger partial charge in [0.1, 0.15) is 5.82 Å². The van der Waals surface area contributed by atoms with Gasteiger partial charge in [0.25, 0.3) is 0 Å². The van der Waals surface area contributed by atoms with Gasteiger partial charge in [0.15, 0.2) is 6.29 Å². The second kappa shape index (κ2) is 5.91. The predicted molar refractivity (Wildman–Crippen MR) is 72.2 cm³/mol. The zero-order valence-corrected chi connectivity index (χ0v) is 10.7. The molecule has 0 fully saturated rings. The van der Waals surface area contributed by atoms with Gasteiger partial charge in [-0.3, -0.25) is 4.79 Å². The van der Waals surface area contributed by atoms with Crippen molar-refractivity contribution in [1.29, 1.82) is 0 Å². The first-order valence-corrected chi connectivity index (χ1v) is 6.00. The van der Waals surface area contributed by atoms with Crippen LogP contribution in [0.2, 0.25) is 0 Å². The molecular formula is C16H10F4O. The van der Waals surface area contributed by atoms with Crippen LogP contribution in [0, 0.1) is 5.82 Å². The highest BCUT2D eigenvalue weighted by Crippen LogP contribution is 2.29. The minimum Gasteiger partial charge on any atom is -0.298 e. The van der Waals surface area contributed by atoms with Crippen molar-refractivity contribution in [3.05, 3.63) is 70.5 Å². The van der Waals surface area contributed by atoms with Gasteiger partial charge < -0.3 is 0 Å². The molecule has 0 aliphatic carbocycles. The van der Waals surface area contributed by atoms with E-state index < -0.39 is 17.6 Å². The van der Waals surface area contributed by atoms with Crippen LogP contribution in [0.5, 0.6) is 0 Å². The topological polar surface area (TPSA) is 17.1 Å². The van der Waals surface area contributed by atoms with Gasteiger partial charge in [0.05, 0.1) is 11.1 Å². The summed E-state index contributed by atoms with van der Waals surface area (Å²) < 4.78 is 51.1. The number of rotatable bonds is 3. The van der Waals surface area contributed by atoms with E-state index >= 15 is 0 Å². The molecule has 2 aromatic carbocycles. The van der Waals surface area contributed by atoms with Crippen molar-refractivity contribution in [2.45, 2.75) is 6.18 Å². The normalized spacial score (nSPS) is 11.8. The van der Waals surface area contributed by atoms with Gasteiger partial charge in [0, 0.05) is 0 Å². The molecule has 0 heterocycles. The van der Waals surface area contributed by atoms with Crippen LogP contribution in [0.4, 0.5) is 17.6 Å². The lowest BCUT2D eigenvalue weighted by atomic mass is 10.1. The summed E-state index contributed by atoms with van der Waals surface area (Å²) in [5.41, 5.74) is -0.00133. The Labute approximate surface area is 118 Å². The highest BCUT2D eigenvalue weighted by Gasteiger charge is 2.30. The molecule has 0 aromatic heterocycles. The first kappa shape index (κ1) is 15.0. The van der Waals surface area contributed by atoms with E-state index in [0.29, 0.717) is 17.4 Å². The van der Waals surface area contributed by atoms with Crippen molar-refractivity contribution in [1.82, 2.24) is 0 Å². The number of halogens is 4. The Kier molecular flexibility index (Phi) is 4.21. The van der Waals surface area contributed by atoms with E-state index in [-0.39, 0.29) is 5.56 Å². The smallest absolute Gasteiger partial charge is 0.298 e. The van der Waals surface area contributed by atoms with E-state index in [0.717, 1.165) is 18.2 Å². The third kappa shape index (κ3) is 3.78. The Hall–Kier alpha value is -2.43. The zero-order valence-electron chi connectivity index (χ0n) is 10.7. The molecule has 108 valence electrons. The van der Waals surface area contributed by atoms with Gasteiger partial charge in [-0.05, 0) is 35.4 Å². The fourth-order valence-electron chi connectivity index (χ4n) is 1.75. The lowest BCUT2D eigenvalue weighted by Gasteiger charge is -2.06. The largest absolute Gasteiger partial charge is 0.416 e. The van der Waals surface area contributed by atoms with Crippen LogP contribution < -0.4 is 0 Å². The Bertz CT molecular complexity index is 687. The summed E-state index contributed by atoms with van der Waals surface area (Å²) in [5, 5.41) is 0. The molecule has 5 heteroatoms. The van der Waals surface area contributed by atoms with Crippen molar-refractivity contribution in [3.8, 4) is 0 Å². The monoisotopic (exact) mass is 294 g/mol. The molecule has 0 radical (unpaired) electrons. The second-order valence-electron chi connectivity index (χ2n) is 4.36. The van der Waals surface area contributed by atoms with Crippen LogP contribution in [0.25, 0.3) is 12.2 Å². The molecule has 0 unspecified atom stereocenters. The fraction of sp³-hybridized carbons (Fsp3) is 0.0625. The molecule has 0 bridgehead atoms. The highest BCUT2D eigenvalue weighted by atomic mass is 19.4. The summed E-state index contributed by atoms with van der Waals surface area (Å²) in [5.74, 6) is -0.670. The van der Waals surface area contributed by atoms with Crippen LogP contribution in [0.15, 0.2) is 42.5 Å². The van der Waals surface area contributed by atoms with Gasteiger partial charge in [0.2, 0.25) is 0 Å². The molecular weight excluding hydrogens is 284 g/mol. The van der Waals surface area contributed by atoms with E-state index in [1.54, 1.807) is 0 Å². The maximum atomic E-state index is 13.4. The standard InChI is InChI=1S/C16H10F4O/c17-15-9-12(6-7-13(15)10-21)5-4-11-2-1-3-14(8-11)16(18,19)20/h1-10H/b5-4+. The molecule has 0 spiro atoms. The van der Waals surface area contributed by atoms with E-state index in [1.165, 1.54) is 36.4 Å². The molecule has 0 amide bonds. The summed E-state index contributed by atoms with van der Waals surface area (Å²) in [6.45, 7) is 0. The maximum absolute atomic E-state index is 13.4. The van der Waals surface area contributed by atoms with E-state index in [9.17, 15) is 22.4 Å². The molecule has 0 saturated heterocycles. The molecule has 0 atom stereocenters. The minimum absolute atomic E-state index is 0.0637. The van der Waals surface area contributed by atoms with E-state index in [1.807, 2.05) is 0 Å². The third-order valence-corrected chi connectivity index (χ3v) is 2.83. The molecule has 0 saturated carbocycles. The van der Waals surface area contributed by atoms with E-state index in [2.05, 4.69) is 0 Å². The van der Waals surface area contributed by atoms with Crippen molar-refractivity contribution in [2.75, 3.05) is 0 Å². The van der Waals surface area contributed by atoms with Gasteiger partial charge in [-0.1, -0.05) is 30.4 Å². The van der Waals surface area contributed by atoms with Gasteiger partial charge in [-0.15, -0.1) is 0 Å². The maximum Gasteiger partial charge on any atom is 0.416 e. The average molecular weight is 294 g/mol. The Morgan fingerprint density at radius 1 is 0.905 bits per heavy atom. The van der Waals surface area contributed by atoms with Crippen molar-refractivity contribution in [2.24, 2.45) is 0 Å². The van der Waals surface area contributed by atoms with Crippen LogP contribution in [-0.2, 0) is 6.18 Å². The summed E-state index contributed by atoms with van der Waals surface area (Å²) in [4.78, 5) is 10.5. The van der Waals surface area contributed by atoms with Crippen LogP contribution in [-0.4, -0.2) is 6.29 Å². The van der Waals surface area contributed by atoms with Gasteiger partial charge in [-0.2, -0.15) is 13.2 Å².